The molecule has 0 bridgehead atoms. The summed E-state index contributed by atoms with van der Waals surface area (Å²) in [6.07, 6.45) is 4.24. The molecule has 2 rings (SSSR count). The van der Waals surface area contributed by atoms with E-state index in [1.54, 1.807) is 0 Å². The van der Waals surface area contributed by atoms with Crippen LogP contribution >= 0.6 is 0 Å². The number of aliphatic imine (C=N–C) groups is 1. The van der Waals surface area contributed by atoms with E-state index in [1.807, 2.05) is 52.0 Å². The average Bonchev–Trinajstić information content (AvgIpc) is 3.18. The van der Waals surface area contributed by atoms with E-state index >= 15 is 0 Å². The highest BCUT2D eigenvalue weighted by atomic mass is 16.2. The molecule has 7 nitrogen and oxygen atoms in total. The van der Waals surface area contributed by atoms with Crippen molar-refractivity contribution in [2.75, 3.05) is 18.4 Å². The third-order valence-corrected chi connectivity index (χ3v) is 4.62. The number of hydrogen-bond acceptors (Lipinski definition) is 3. The Kier molecular flexibility index (Phi) is 8.49. The maximum Gasteiger partial charge on any atom is 0.239 e. The molecule has 0 aliphatic heterocycles. The van der Waals surface area contributed by atoms with Gasteiger partial charge in [0.15, 0.2) is 5.96 Å². The molecule has 2 amide bonds. The van der Waals surface area contributed by atoms with E-state index in [0.29, 0.717) is 19.0 Å². The molecule has 1 fully saturated rings. The van der Waals surface area contributed by atoms with Crippen LogP contribution in [-0.4, -0.2) is 36.4 Å². The molecule has 160 valence electrons. The molecule has 0 atom stereocenters. The van der Waals surface area contributed by atoms with E-state index in [4.69, 9.17) is 0 Å². The van der Waals surface area contributed by atoms with Gasteiger partial charge in [-0.25, -0.2) is 4.99 Å². The summed E-state index contributed by atoms with van der Waals surface area (Å²) in [4.78, 5) is 28.9. The van der Waals surface area contributed by atoms with Crippen molar-refractivity contribution in [2.24, 2.45) is 10.9 Å². The summed E-state index contributed by atoms with van der Waals surface area (Å²) in [5.41, 5.74) is 1.53. The molecular weight excluding hydrogens is 366 g/mol. The van der Waals surface area contributed by atoms with Gasteiger partial charge in [0.25, 0.3) is 0 Å². The molecule has 1 aromatic carbocycles. The Balaban J connectivity index is 1.92. The van der Waals surface area contributed by atoms with Gasteiger partial charge in [0.2, 0.25) is 11.8 Å². The van der Waals surface area contributed by atoms with Crippen LogP contribution in [0.4, 0.5) is 5.69 Å². The van der Waals surface area contributed by atoms with Crippen molar-refractivity contribution in [1.82, 2.24) is 16.0 Å². The smallest absolute Gasteiger partial charge is 0.239 e. The standard InChI is InChI=1S/C22H35N5O2/c1-5-23-21(25-15-19(28)27-22(2,3)4)24-14-16-9-8-12-18(13-16)26-20(29)17-10-6-7-11-17/h8-9,12-13,17H,5-7,10-11,14-15H2,1-4H3,(H,26,29)(H,27,28)(H2,23,24,25). The largest absolute Gasteiger partial charge is 0.357 e. The Labute approximate surface area is 174 Å². The fourth-order valence-corrected chi connectivity index (χ4v) is 3.32. The van der Waals surface area contributed by atoms with Crippen molar-refractivity contribution in [2.45, 2.75) is 65.5 Å². The van der Waals surface area contributed by atoms with Crippen LogP contribution in [0.15, 0.2) is 29.3 Å². The first-order valence-corrected chi connectivity index (χ1v) is 10.5. The average molecular weight is 402 g/mol. The third kappa shape index (κ3) is 8.54. The molecule has 7 heteroatoms. The highest BCUT2D eigenvalue weighted by Gasteiger charge is 2.22. The van der Waals surface area contributed by atoms with Crippen LogP contribution < -0.4 is 21.3 Å². The number of benzene rings is 1. The lowest BCUT2D eigenvalue weighted by Gasteiger charge is -2.21. The molecule has 4 N–H and O–H groups in total. The molecule has 1 aliphatic rings. The minimum atomic E-state index is -0.266. The summed E-state index contributed by atoms with van der Waals surface area (Å²) in [5, 5.41) is 12.1. The van der Waals surface area contributed by atoms with Crippen LogP contribution in [0.2, 0.25) is 0 Å². The van der Waals surface area contributed by atoms with Crippen molar-refractivity contribution in [3.8, 4) is 0 Å². The van der Waals surface area contributed by atoms with Crippen molar-refractivity contribution in [1.29, 1.82) is 0 Å². The van der Waals surface area contributed by atoms with Crippen molar-refractivity contribution < 1.29 is 9.59 Å². The molecule has 1 aliphatic carbocycles. The minimum absolute atomic E-state index is 0.0836. The Morgan fingerprint density at radius 2 is 1.86 bits per heavy atom. The fourth-order valence-electron chi connectivity index (χ4n) is 3.32. The Morgan fingerprint density at radius 3 is 2.52 bits per heavy atom. The number of rotatable bonds is 7. The number of carbonyl (C=O) groups is 2. The first-order valence-electron chi connectivity index (χ1n) is 10.5. The highest BCUT2D eigenvalue weighted by molar-refractivity contribution is 5.92. The molecule has 1 saturated carbocycles. The Morgan fingerprint density at radius 1 is 1.14 bits per heavy atom. The Bertz CT molecular complexity index is 718. The van der Waals surface area contributed by atoms with Gasteiger partial charge in [-0.05, 0) is 58.2 Å². The zero-order valence-electron chi connectivity index (χ0n) is 18.1. The van der Waals surface area contributed by atoms with Crippen LogP contribution in [0.1, 0.15) is 58.9 Å². The van der Waals surface area contributed by atoms with Gasteiger partial charge in [-0.1, -0.05) is 25.0 Å². The molecule has 0 heterocycles. The van der Waals surface area contributed by atoms with Gasteiger partial charge in [-0.2, -0.15) is 0 Å². The number of anilines is 1. The van der Waals surface area contributed by atoms with Crippen molar-refractivity contribution in [3.05, 3.63) is 29.8 Å². The Hall–Kier alpha value is -2.57. The van der Waals surface area contributed by atoms with Gasteiger partial charge >= 0.3 is 0 Å². The van der Waals surface area contributed by atoms with E-state index in [2.05, 4.69) is 26.3 Å². The van der Waals surface area contributed by atoms with E-state index in [0.717, 1.165) is 36.9 Å². The van der Waals surface area contributed by atoms with Crippen LogP contribution in [-0.2, 0) is 16.1 Å². The molecule has 29 heavy (non-hydrogen) atoms. The molecule has 0 spiro atoms. The number of nitrogens with zero attached hydrogens (tertiary/aromatic N) is 1. The number of hydrogen-bond donors (Lipinski definition) is 4. The van der Waals surface area contributed by atoms with E-state index < -0.39 is 0 Å². The molecule has 0 aromatic heterocycles. The van der Waals surface area contributed by atoms with Gasteiger partial charge in [0.05, 0.1) is 13.1 Å². The summed E-state index contributed by atoms with van der Waals surface area (Å²) in [7, 11) is 0. The lowest BCUT2D eigenvalue weighted by atomic mass is 10.1. The highest BCUT2D eigenvalue weighted by Crippen LogP contribution is 2.26. The lowest BCUT2D eigenvalue weighted by molar-refractivity contribution is -0.121. The first-order chi connectivity index (χ1) is 13.8. The zero-order valence-corrected chi connectivity index (χ0v) is 18.1. The van der Waals surface area contributed by atoms with Crippen LogP contribution in [0.25, 0.3) is 0 Å². The van der Waals surface area contributed by atoms with Crippen LogP contribution in [0.5, 0.6) is 0 Å². The second kappa shape index (κ2) is 10.8. The maximum atomic E-state index is 12.3. The minimum Gasteiger partial charge on any atom is -0.357 e. The number of carbonyl (C=O) groups excluding carboxylic acids is 2. The normalized spacial score (nSPS) is 15.1. The summed E-state index contributed by atoms with van der Waals surface area (Å²) in [6, 6.07) is 7.75. The number of nitrogens with one attached hydrogen (secondary N) is 4. The molecule has 0 unspecified atom stereocenters. The van der Waals surface area contributed by atoms with Gasteiger partial charge in [-0.3, -0.25) is 9.59 Å². The quantitative estimate of drug-likeness (QED) is 0.417. The van der Waals surface area contributed by atoms with Gasteiger partial charge in [0.1, 0.15) is 0 Å². The monoisotopic (exact) mass is 401 g/mol. The first kappa shape index (κ1) is 22.7. The lowest BCUT2D eigenvalue weighted by Crippen LogP contribution is -2.48. The SMILES string of the molecule is CCNC(=NCc1cccc(NC(=O)C2CCCC2)c1)NCC(=O)NC(C)(C)C. The van der Waals surface area contributed by atoms with Crippen LogP contribution in [0.3, 0.4) is 0 Å². The van der Waals surface area contributed by atoms with Crippen LogP contribution in [0, 0.1) is 5.92 Å². The number of guanidine groups is 1. The van der Waals surface area contributed by atoms with Gasteiger partial charge in [0, 0.05) is 23.7 Å². The third-order valence-electron chi connectivity index (χ3n) is 4.62. The summed E-state index contributed by atoms with van der Waals surface area (Å²) in [6.45, 7) is 9.12. The summed E-state index contributed by atoms with van der Waals surface area (Å²) >= 11 is 0. The zero-order chi connectivity index (χ0) is 21.3. The number of amides is 2. The van der Waals surface area contributed by atoms with E-state index in [-0.39, 0.29) is 29.8 Å². The maximum absolute atomic E-state index is 12.3. The fraction of sp³-hybridized carbons (Fsp3) is 0.591. The predicted molar refractivity (Wildman–Crippen MR) is 118 cm³/mol. The van der Waals surface area contributed by atoms with Crippen molar-refractivity contribution in [3.63, 3.8) is 0 Å². The second-order valence-electron chi connectivity index (χ2n) is 8.52. The molecule has 0 radical (unpaired) electrons. The summed E-state index contributed by atoms with van der Waals surface area (Å²) in [5.74, 6) is 0.750. The van der Waals surface area contributed by atoms with E-state index in [1.165, 1.54) is 0 Å². The topological polar surface area (TPSA) is 94.6 Å². The molecular formula is C22H35N5O2. The summed E-state index contributed by atoms with van der Waals surface area (Å²) < 4.78 is 0. The van der Waals surface area contributed by atoms with Gasteiger partial charge in [-0.15, -0.1) is 0 Å². The second-order valence-corrected chi connectivity index (χ2v) is 8.52. The van der Waals surface area contributed by atoms with Gasteiger partial charge < -0.3 is 21.3 Å². The molecule has 1 aromatic rings. The van der Waals surface area contributed by atoms with E-state index in [9.17, 15) is 9.59 Å². The predicted octanol–water partition coefficient (Wildman–Crippen LogP) is 2.79. The molecule has 0 saturated heterocycles. The van der Waals surface area contributed by atoms with Crippen molar-refractivity contribution >= 4 is 23.5 Å².